The van der Waals surface area contributed by atoms with E-state index < -0.39 is 0 Å². The van der Waals surface area contributed by atoms with Crippen LogP contribution in [0.1, 0.15) is 43.1 Å². The van der Waals surface area contributed by atoms with Crippen molar-refractivity contribution in [2.75, 3.05) is 18.0 Å². The molecule has 4 rings (SSSR count). The van der Waals surface area contributed by atoms with Gasteiger partial charge in [-0.05, 0) is 44.9 Å². The molecule has 29 heavy (non-hydrogen) atoms. The second-order valence-electron chi connectivity index (χ2n) is 7.58. The van der Waals surface area contributed by atoms with Crippen LogP contribution in [0.15, 0.2) is 45.7 Å². The van der Waals surface area contributed by atoms with Gasteiger partial charge in [-0.15, -0.1) is 0 Å². The molecule has 152 valence electrons. The molecule has 1 aromatic carbocycles. The lowest BCUT2D eigenvalue weighted by atomic mass is 10.0. The van der Waals surface area contributed by atoms with E-state index in [1.54, 1.807) is 16.8 Å². The summed E-state index contributed by atoms with van der Waals surface area (Å²) in [5, 5.41) is 3.28. The molecule has 0 atom stereocenters. The predicted molar refractivity (Wildman–Crippen MR) is 113 cm³/mol. The van der Waals surface area contributed by atoms with E-state index in [1.807, 2.05) is 38.1 Å². The Bertz CT molecular complexity index is 1100. The largest absolute Gasteiger partial charge is 0.420 e. The Kier molecular flexibility index (Phi) is 5.32. The van der Waals surface area contributed by atoms with E-state index in [2.05, 4.69) is 15.2 Å². The number of amides is 1. The zero-order valence-electron chi connectivity index (χ0n) is 16.4. The number of halogens is 1. The standard InChI is InChI=1S/C21H23ClN4O3/c1-13(2)24-20(27)14-11-16(22)19(23-12-14)25-9-7-15(8-10-25)26-17-5-3-4-6-18(17)29-21(26)28/h3-6,11-13,15H,7-10H2,1-2H3,(H,24,27). The van der Waals surface area contributed by atoms with Crippen molar-refractivity contribution in [2.24, 2.45) is 0 Å². The lowest BCUT2D eigenvalue weighted by Crippen LogP contribution is -2.37. The van der Waals surface area contributed by atoms with E-state index in [0.717, 1.165) is 18.4 Å². The number of aromatic nitrogens is 2. The maximum atomic E-state index is 12.3. The average Bonchev–Trinajstić information content (AvgIpc) is 3.03. The quantitative estimate of drug-likeness (QED) is 0.705. The number of anilines is 1. The number of oxazole rings is 1. The minimum absolute atomic E-state index is 0.0439. The van der Waals surface area contributed by atoms with Crippen LogP contribution in [0.4, 0.5) is 5.82 Å². The number of piperidine rings is 1. The highest BCUT2D eigenvalue weighted by Crippen LogP contribution is 2.31. The number of nitrogens with zero attached hydrogens (tertiary/aromatic N) is 3. The molecule has 7 nitrogen and oxygen atoms in total. The summed E-state index contributed by atoms with van der Waals surface area (Å²) < 4.78 is 7.12. The molecule has 3 heterocycles. The molecule has 0 saturated carbocycles. The molecule has 0 aliphatic carbocycles. The van der Waals surface area contributed by atoms with Gasteiger partial charge in [0.2, 0.25) is 0 Å². The van der Waals surface area contributed by atoms with E-state index in [-0.39, 0.29) is 23.7 Å². The molecule has 1 amide bonds. The summed E-state index contributed by atoms with van der Waals surface area (Å²) in [6.45, 7) is 5.22. The molecule has 1 aliphatic rings. The minimum Gasteiger partial charge on any atom is -0.408 e. The van der Waals surface area contributed by atoms with Gasteiger partial charge in [-0.3, -0.25) is 9.36 Å². The molecule has 1 N–H and O–H groups in total. The van der Waals surface area contributed by atoms with Crippen molar-refractivity contribution in [3.05, 3.63) is 57.7 Å². The summed E-state index contributed by atoms with van der Waals surface area (Å²) >= 11 is 6.43. The molecule has 8 heteroatoms. The van der Waals surface area contributed by atoms with Gasteiger partial charge < -0.3 is 14.6 Å². The van der Waals surface area contributed by atoms with Gasteiger partial charge in [0.25, 0.3) is 5.91 Å². The molecular weight excluding hydrogens is 392 g/mol. The van der Waals surface area contributed by atoms with Crippen LogP contribution in [0.25, 0.3) is 11.1 Å². The number of nitrogens with one attached hydrogen (secondary N) is 1. The maximum Gasteiger partial charge on any atom is 0.420 e. The van der Waals surface area contributed by atoms with Crippen LogP contribution in [0.5, 0.6) is 0 Å². The van der Waals surface area contributed by atoms with E-state index >= 15 is 0 Å². The topological polar surface area (TPSA) is 80.4 Å². The zero-order chi connectivity index (χ0) is 20.5. The molecule has 0 bridgehead atoms. The normalized spacial score (nSPS) is 15.2. The van der Waals surface area contributed by atoms with Crippen LogP contribution in [0, 0.1) is 0 Å². The molecule has 3 aromatic rings. The van der Waals surface area contributed by atoms with E-state index in [9.17, 15) is 9.59 Å². The first-order valence-electron chi connectivity index (χ1n) is 9.75. The third kappa shape index (κ3) is 3.87. The summed E-state index contributed by atoms with van der Waals surface area (Å²) in [6.07, 6.45) is 3.10. The Labute approximate surface area is 173 Å². The lowest BCUT2D eigenvalue weighted by molar-refractivity contribution is 0.0943. The van der Waals surface area contributed by atoms with Gasteiger partial charge in [0.15, 0.2) is 5.58 Å². The highest BCUT2D eigenvalue weighted by atomic mass is 35.5. The first-order chi connectivity index (χ1) is 13.9. The van der Waals surface area contributed by atoms with Crippen molar-refractivity contribution in [3.63, 3.8) is 0 Å². The van der Waals surface area contributed by atoms with Crippen molar-refractivity contribution in [1.82, 2.24) is 14.9 Å². The predicted octanol–water partition coefficient (Wildman–Crippen LogP) is 3.62. The number of carbonyl (C=O) groups excluding carboxylic acids is 1. The van der Waals surface area contributed by atoms with Crippen LogP contribution < -0.4 is 16.0 Å². The summed E-state index contributed by atoms with van der Waals surface area (Å²) in [4.78, 5) is 31.0. The van der Waals surface area contributed by atoms with Gasteiger partial charge in [0.1, 0.15) is 5.82 Å². The number of carbonyl (C=O) groups is 1. The van der Waals surface area contributed by atoms with Crippen LogP contribution in [-0.2, 0) is 0 Å². The zero-order valence-corrected chi connectivity index (χ0v) is 17.1. The molecule has 1 fully saturated rings. The lowest BCUT2D eigenvalue weighted by Gasteiger charge is -2.33. The fraction of sp³-hybridized carbons (Fsp3) is 0.381. The first-order valence-corrected chi connectivity index (χ1v) is 10.1. The van der Waals surface area contributed by atoms with Crippen molar-refractivity contribution in [3.8, 4) is 0 Å². The maximum absolute atomic E-state index is 12.3. The Hall–Kier alpha value is -2.80. The van der Waals surface area contributed by atoms with E-state index in [4.69, 9.17) is 16.0 Å². The van der Waals surface area contributed by atoms with Crippen LogP contribution >= 0.6 is 11.6 Å². The van der Waals surface area contributed by atoms with Crippen LogP contribution in [-0.4, -0.2) is 34.6 Å². The molecule has 0 radical (unpaired) electrons. The number of hydrogen-bond acceptors (Lipinski definition) is 5. The third-order valence-corrected chi connectivity index (χ3v) is 5.43. The van der Waals surface area contributed by atoms with Gasteiger partial charge >= 0.3 is 5.76 Å². The Morgan fingerprint density at radius 2 is 2.00 bits per heavy atom. The number of fused-ring (bicyclic) bond motifs is 1. The second-order valence-corrected chi connectivity index (χ2v) is 7.99. The van der Waals surface area contributed by atoms with Crippen LogP contribution in [0.2, 0.25) is 5.02 Å². The highest BCUT2D eigenvalue weighted by molar-refractivity contribution is 6.33. The minimum atomic E-state index is -0.318. The number of benzene rings is 1. The SMILES string of the molecule is CC(C)NC(=O)c1cnc(N2CCC(n3c(=O)oc4ccccc43)CC2)c(Cl)c1. The summed E-state index contributed by atoms with van der Waals surface area (Å²) in [7, 11) is 0. The molecular formula is C21H23ClN4O3. The van der Waals surface area contributed by atoms with E-state index in [0.29, 0.717) is 35.1 Å². The van der Waals surface area contributed by atoms with Crippen molar-refractivity contribution in [2.45, 2.75) is 38.8 Å². The van der Waals surface area contributed by atoms with Gasteiger partial charge in [-0.1, -0.05) is 23.7 Å². The molecule has 1 saturated heterocycles. The Morgan fingerprint density at radius 1 is 1.28 bits per heavy atom. The Morgan fingerprint density at radius 3 is 2.69 bits per heavy atom. The van der Waals surface area contributed by atoms with Crippen molar-refractivity contribution < 1.29 is 9.21 Å². The number of para-hydroxylation sites is 2. The summed E-state index contributed by atoms with van der Waals surface area (Å²) in [5.41, 5.74) is 1.88. The first kappa shape index (κ1) is 19.5. The molecule has 1 aliphatic heterocycles. The molecule has 0 spiro atoms. The number of pyridine rings is 1. The fourth-order valence-electron chi connectivity index (χ4n) is 3.80. The van der Waals surface area contributed by atoms with Gasteiger partial charge in [0, 0.05) is 31.4 Å². The summed E-state index contributed by atoms with van der Waals surface area (Å²) in [6, 6.07) is 9.25. The van der Waals surface area contributed by atoms with Gasteiger partial charge in [-0.25, -0.2) is 9.78 Å². The third-order valence-electron chi connectivity index (χ3n) is 5.15. The monoisotopic (exact) mass is 414 g/mol. The van der Waals surface area contributed by atoms with Gasteiger partial charge in [0.05, 0.1) is 16.1 Å². The number of rotatable bonds is 4. The highest BCUT2D eigenvalue weighted by Gasteiger charge is 2.26. The summed E-state index contributed by atoms with van der Waals surface area (Å²) in [5.74, 6) is 0.155. The average molecular weight is 415 g/mol. The van der Waals surface area contributed by atoms with Gasteiger partial charge in [-0.2, -0.15) is 0 Å². The second kappa shape index (κ2) is 7.91. The smallest absolute Gasteiger partial charge is 0.408 e. The van der Waals surface area contributed by atoms with Crippen molar-refractivity contribution in [1.29, 1.82) is 0 Å². The number of hydrogen-bond donors (Lipinski definition) is 1. The van der Waals surface area contributed by atoms with Crippen molar-refractivity contribution >= 4 is 34.4 Å². The van der Waals surface area contributed by atoms with E-state index in [1.165, 1.54) is 0 Å². The fourth-order valence-corrected chi connectivity index (χ4v) is 4.08. The molecule has 2 aromatic heterocycles. The Balaban J connectivity index is 1.49. The molecule has 0 unspecified atom stereocenters. The van der Waals surface area contributed by atoms with Crippen LogP contribution in [0.3, 0.4) is 0 Å².